The fourth-order valence-corrected chi connectivity index (χ4v) is 12.8. The molecule has 3 nitrogen and oxygen atoms in total. The lowest BCUT2D eigenvalue weighted by Crippen LogP contribution is -2.72. The Bertz CT molecular complexity index is 976. The summed E-state index contributed by atoms with van der Waals surface area (Å²) in [4.78, 5) is 3.13. The second-order valence-corrected chi connectivity index (χ2v) is 21.7. The molecule has 3 rings (SSSR count). The Morgan fingerprint density at radius 1 is 0.569 bits per heavy atom. The van der Waals surface area contributed by atoms with Crippen LogP contribution >= 0.6 is 0 Å². The van der Waals surface area contributed by atoms with Crippen LogP contribution in [-0.4, -0.2) is 41.3 Å². The summed E-state index contributed by atoms with van der Waals surface area (Å²) in [5.74, 6) is 2.65. The Kier molecular flexibility index (Phi) is 27.1. The van der Waals surface area contributed by atoms with Gasteiger partial charge in [-0.15, -0.1) is 0 Å². The summed E-state index contributed by atoms with van der Waals surface area (Å²) in [6.45, 7) is 22.5. The van der Waals surface area contributed by atoms with Crippen molar-refractivity contribution in [2.24, 2.45) is 23.2 Å². The minimum Gasteiger partial charge on any atom is -0.311 e. The molecule has 1 aliphatic carbocycles. The van der Waals surface area contributed by atoms with Crippen molar-refractivity contribution in [1.82, 2.24) is 15.5 Å². The van der Waals surface area contributed by atoms with E-state index in [0.29, 0.717) is 17.0 Å². The van der Waals surface area contributed by atoms with Crippen molar-refractivity contribution < 1.29 is 0 Å². The molecule has 0 bridgehead atoms. The first-order chi connectivity index (χ1) is 28.2. The van der Waals surface area contributed by atoms with E-state index in [9.17, 15) is 0 Å². The fraction of sp³-hybridized carbons (Fsp3) is 1.00. The molecule has 0 aromatic carbocycles. The van der Waals surface area contributed by atoms with Crippen molar-refractivity contribution in [1.29, 1.82) is 0 Å². The molecule has 7 atom stereocenters. The van der Waals surface area contributed by atoms with Gasteiger partial charge in [0.25, 0.3) is 0 Å². The zero-order valence-electron chi connectivity index (χ0n) is 41.4. The highest BCUT2D eigenvalue weighted by atomic mass is 15.4. The van der Waals surface area contributed by atoms with Crippen LogP contribution in [0.4, 0.5) is 0 Å². The molecule has 58 heavy (non-hydrogen) atoms. The number of hydrogen-bond donors (Lipinski definition) is 2. The van der Waals surface area contributed by atoms with E-state index < -0.39 is 0 Å². The molecule has 2 N–H and O–H groups in total. The van der Waals surface area contributed by atoms with Gasteiger partial charge >= 0.3 is 0 Å². The first kappa shape index (κ1) is 52.2. The van der Waals surface area contributed by atoms with E-state index in [0.717, 1.165) is 23.8 Å². The monoisotopic (exact) mass is 812 g/mol. The number of nitrogens with zero attached hydrogens (tertiary/aromatic N) is 1. The first-order valence-electron chi connectivity index (χ1n) is 27.5. The average molecular weight is 812 g/mol. The van der Waals surface area contributed by atoms with Gasteiger partial charge in [-0.2, -0.15) is 0 Å². The molecule has 2 heterocycles. The molecule has 0 amide bonds. The van der Waals surface area contributed by atoms with Crippen molar-refractivity contribution in [3.63, 3.8) is 0 Å². The van der Waals surface area contributed by atoms with E-state index in [4.69, 9.17) is 0 Å². The molecule has 7 unspecified atom stereocenters. The minimum absolute atomic E-state index is 0.173. The summed E-state index contributed by atoms with van der Waals surface area (Å²) in [6.07, 6.45) is 52.3. The van der Waals surface area contributed by atoms with Crippen LogP contribution in [0.2, 0.25) is 0 Å². The third-order valence-electron chi connectivity index (χ3n) is 17.1. The molecule has 3 heteroatoms. The van der Waals surface area contributed by atoms with Crippen molar-refractivity contribution in [2.75, 3.05) is 13.1 Å². The van der Waals surface area contributed by atoms with Gasteiger partial charge < -0.3 is 5.32 Å². The summed E-state index contributed by atoms with van der Waals surface area (Å²) >= 11 is 0. The van der Waals surface area contributed by atoms with Gasteiger partial charge in [-0.05, 0) is 113 Å². The normalized spacial score (nSPS) is 30.8. The van der Waals surface area contributed by atoms with Crippen LogP contribution < -0.4 is 10.6 Å². The summed E-state index contributed by atoms with van der Waals surface area (Å²) in [7, 11) is 0. The Morgan fingerprint density at radius 2 is 1.22 bits per heavy atom. The highest BCUT2D eigenvalue weighted by Gasteiger charge is 2.48. The molecule has 0 spiro atoms. The van der Waals surface area contributed by atoms with E-state index >= 15 is 0 Å². The maximum absolute atomic E-state index is 4.54. The SMILES string of the molecule is CCCCCC1(C)CCCCCCCC2NC(CC)(CC)N(CCCCCC3(CC)CCCCCCCC(CCC(C)CCCC)CCN3)C(CCCC)C2CCC1. The molecule has 0 aromatic rings. The van der Waals surface area contributed by atoms with Gasteiger partial charge in [0.2, 0.25) is 0 Å². The van der Waals surface area contributed by atoms with Crippen LogP contribution in [0.1, 0.15) is 293 Å². The van der Waals surface area contributed by atoms with E-state index in [-0.39, 0.29) is 5.66 Å². The summed E-state index contributed by atoms with van der Waals surface area (Å²) in [5.41, 5.74) is 1.09. The second kappa shape index (κ2) is 30.1. The number of unbranched alkanes of at least 4 members (excludes halogenated alkanes) is 6. The summed E-state index contributed by atoms with van der Waals surface area (Å²) in [5, 5.41) is 8.86. The van der Waals surface area contributed by atoms with Crippen LogP contribution in [-0.2, 0) is 0 Å². The molecule has 344 valence electrons. The Balaban J connectivity index is 1.69. The molecular formula is C55H109N3. The van der Waals surface area contributed by atoms with Gasteiger partial charge in [0.15, 0.2) is 0 Å². The van der Waals surface area contributed by atoms with Gasteiger partial charge in [-0.25, -0.2) is 0 Å². The lowest BCUT2D eigenvalue weighted by atomic mass is 9.72. The third-order valence-corrected chi connectivity index (χ3v) is 17.1. The largest absolute Gasteiger partial charge is 0.311 e. The molecule has 3 fully saturated rings. The van der Waals surface area contributed by atoms with Crippen LogP contribution in [0.3, 0.4) is 0 Å². The van der Waals surface area contributed by atoms with Gasteiger partial charge in [-0.3, -0.25) is 10.2 Å². The predicted molar refractivity (Wildman–Crippen MR) is 260 cm³/mol. The smallest absolute Gasteiger partial charge is 0.0711 e. The number of nitrogens with one attached hydrogen (secondary N) is 2. The number of hydrogen-bond acceptors (Lipinski definition) is 3. The standard InChI is InChI=1S/C55H109N3/c1-9-15-27-41-53(8)42-28-22-19-21-26-36-51-50(35-32-43-53)52(37-17-11-3)58(55(13-5,14-6)57-51)47-31-24-30-45-54(12-4)44-29-23-18-20-25-34-49(40-46-56-54)39-38-48(7)33-16-10-2/h48-52,56-57H,9-47H2,1-8H3. The van der Waals surface area contributed by atoms with Crippen molar-refractivity contribution in [2.45, 2.75) is 316 Å². The molecule has 0 aromatic heterocycles. The van der Waals surface area contributed by atoms with Crippen LogP contribution in [0.5, 0.6) is 0 Å². The second-order valence-electron chi connectivity index (χ2n) is 21.7. The van der Waals surface area contributed by atoms with Crippen LogP contribution in [0.15, 0.2) is 0 Å². The Morgan fingerprint density at radius 3 is 1.93 bits per heavy atom. The molecule has 2 aliphatic heterocycles. The zero-order valence-corrected chi connectivity index (χ0v) is 41.4. The molecule has 1 saturated carbocycles. The quantitative estimate of drug-likeness (QED) is 0.107. The van der Waals surface area contributed by atoms with Crippen molar-refractivity contribution in [3.8, 4) is 0 Å². The number of rotatable bonds is 22. The molecule has 2 saturated heterocycles. The summed E-state index contributed by atoms with van der Waals surface area (Å²) in [6, 6.07) is 1.45. The molecule has 0 radical (unpaired) electrons. The lowest BCUT2D eigenvalue weighted by Gasteiger charge is -2.58. The fourth-order valence-electron chi connectivity index (χ4n) is 12.8. The molecular weight excluding hydrogens is 703 g/mol. The predicted octanol–water partition coefficient (Wildman–Crippen LogP) is 17.1. The van der Waals surface area contributed by atoms with E-state index in [1.807, 2.05) is 0 Å². The highest BCUT2D eigenvalue weighted by molar-refractivity contribution is 5.03. The zero-order chi connectivity index (χ0) is 42.0. The van der Waals surface area contributed by atoms with Gasteiger partial charge in [0, 0.05) is 24.2 Å². The van der Waals surface area contributed by atoms with Gasteiger partial charge in [0.1, 0.15) is 0 Å². The number of fused-ring (bicyclic) bond motifs is 1. The van der Waals surface area contributed by atoms with E-state index in [2.05, 4.69) is 70.9 Å². The maximum atomic E-state index is 4.54. The van der Waals surface area contributed by atoms with Crippen molar-refractivity contribution in [3.05, 3.63) is 0 Å². The van der Waals surface area contributed by atoms with Gasteiger partial charge in [0.05, 0.1) is 5.66 Å². The lowest BCUT2D eigenvalue weighted by molar-refractivity contribution is -0.0837. The van der Waals surface area contributed by atoms with Crippen LogP contribution in [0, 0.1) is 23.2 Å². The summed E-state index contributed by atoms with van der Waals surface area (Å²) < 4.78 is 0. The maximum Gasteiger partial charge on any atom is 0.0711 e. The third kappa shape index (κ3) is 18.3. The average Bonchev–Trinajstić information content (AvgIpc) is 3.24. The van der Waals surface area contributed by atoms with E-state index in [1.54, 1.807) is 0 Å². The van der Waals surface area contributed by atoms with E-state index in [1.165, 1.54) is 251 Å². The van der Waals surface area contributed by atoms with Gasteiger partial charge in [-0.1, -0.05) is 209 Å². The van der Waals surface area contributed by atoms with Crippen molar-refractivity contribution >= 4 is 0 Å². The van der Waals surface area contributed by atoms with Crippen LogP contribution in [0.25, 0.3) is 0 Å². The topological polar surface area (TPSA) is 27.3 Å². The first-order valence-corrected chi connectivity index (χ1v) is 27.5. The molecule has 3 aliphatic rings. The highest BCUT2D eigenvalue weighted by Crippen LogP contribution is 2.43. The Hall–Kier alpha value is -0.120. The minimum atomic E-state index is 0.173. The Labute approximate surface area is 366 Å².